The minimum absolute atomic E-state index is 0.215. The van der Waals surface area contributed by atoms with Gasteiger partial charge in [0, 0.05) is 37.3 Å². The Morgan fingerprint density at radius 2 is 1.92 bits per heavy atom. The fraction of sp³-hybridized carbons (Fsp3) is 0.500. The summed E-state index contributed by atoms with van der Waals surface area (Å²) in [5.41, 5.74) is 0.682. The molecule has 1 aliphatic rings. The maximum Gasteiger partial charge on any atom is 0.405 e. The molecule has 2 atom stereocenters. The number of rotatable bonds is 2. The topological polar surface area (TPSA) is 52.7 Å². The van der Waals surface area contributed by atoms with Crippen LogP contribution in [0.25, 0.3) is 0 Å². The molecule has 0 saturated carbocycles. The standard InChI is InChI=1S/C16H20F3N3O2/c1-10-8-22(9-14(21(10)3)16(17,18)19)15(24)12-5-4-6-13(7-12)20-11(2)23/h4-7,10,14H,8-9H2,1-3H3,(H,20,23). The number of nitrogens with one attached hydrogen (secondary N) is 1. The Morgan fingerprint density at radius 3 is 2.50 bits per heavy atom. The molecular formula is C16H20F3N3O2. The Bertz CT molecular complexity index is 633. The summed E-state index contributed by atoms with van der Waals surface area (Å²) in [6.07, 6.45) is -4.40. The van der Waals surface area contributed by atoms with Gasteiger partial charge >= 0.3 is 6.18 Å². The number of hydrogen-bond donors (Lipinski definition) is 1. The predicted octanol–water partition coefficient (Wildman–Crippen LogP) is 2.35. The molecule has 1 saturated heterocycles. The van der Waals surface area contributed by atoms with Gasteiger partial charge in [0.25, 0.3) is 5.91 Å². The summed E-state index contributed by atoms with van der Waals surface area (Å²) in [4.78, 5) is 26.1. The third-order valence-electron chi connectivity index (χ3n) is 4.16. The molecule has 2 amide bonds. The van der Waals surface area contributed by atoms with Crippen molar-refractivity contribution in [3.63, 3.8) is 0 Å². The van der Waals surface area contributed by atoms with E-state index >= 15 is 0 Å². The highest BCUT2D eigenvalue weighted by Gasteiger charge is 2.47. The van der Waals surface area contributed by atoms with E-state index in [1.807, 2.05) is 0 Å². The second kappa shape index (κ2) is 6.80. The van der Waals surface area contributed by atoms with Gasteiger partial charge in [0.15, 0.2) is 0 Å². The van der Waals surface area contributed by atoms with E-state index in [0.29, 0.717) is 5.69 Å². The first kappa shape index (κ1) is 18.3. The normalized spacial score (nSPS) is 22.3. The van der Waals surface area contributed by atoms with E-state index in [9.17, 15) is 22.8 Å². The number of piperazine rings is 1. The minimum atomic E-state index is -4.40. The molecule has 8 heteroatoms. The SMILES string of the molecule is CC(=O)Nc1cccc(C(=O)N2CC(C)N(C)C(C(F)(F)F)C2)c1. The first-order valence-electron chi connectivity index (χ1n) is 7.55. The van der Waals surface area contributed by atoms with Crippen LogP contribution in [0.5, 0.6) is 0 Å². The van der Waals surface area contributed by atoms with Gasteiger partial charge in [-0.15, -0.1) is 0 Å². The highest BCUT2D eigenvalue weighted by Crippen LogP contribution is 2.29. The molecule has 5 nitrogen and oxygen atoms in total. The fourth-order valence-corrected chi connectivity index (χ4v) is 2.78. The molecule has 24 heavy (non-hydrogen) atoms. The summed E-state index contributed by atoms with van der Waals surface area (Å²) in [6.45, 7) is 2.80. The van der Waals surface area contributed by atoms with Gasteiger partial charge in [-0.25, -0.2) is 0 Å². The summed E-state index contributed by atoms with van der Waals surface area (Å²) in [5, 5.41) is 2.55. The summed E-state index contributed by atoms with van der Waals surface area (Å²) < 4.78 is 39.6. The van der Waals surface area contributed by atoms with Crippen molar-refractivity contribution in [3.8, 4) is 0 Å². The average Bonchev–Trinajstić information content (AvgIpc) is 2.47. The number of nitrogens with zero attached hydrogens (tertiary/aromatic N) is 2. The fourth-order valence-electron chi connectivity index (χ4n) is 2.78. The number of anilines is 1. The van der Waals surface area contributed by atoms with E-state index in [0.717, 1.165) is 0 Å². The van der Waals surface area contributed by atoms with Crippen LogP contribution in [0.4, 0.5) is 18.9 Å². The summed E-state index contributed by atoms with van der Waals surface area (Å²) in [5.74, 6) is -0.763. The summed E-state index contributed by atoms with van der Waals surface area (Å²) >= 11 is 0. The molecule has 2 unspecified atom stereocenters. The maximum absolute atomic E-state index is 13.2. The quantitative estimate of drug-likeness (QED) is 0.897. The van der Waals surface area contributed by atoms with Crippen molar-refractivity contribution in [2.24, 2.45) is 0 Å². The molecule has 2 rings (SSSR count). The average molecular weight is 343 g/mol. The van der Waals surface area contributed by atoms with Gasteiger partial charge in [0.1, 0.15) is 6.04 Å². The van der Waals surface area contributed by atoms with Crippen molar-refractivity contribution in [2.45, 2.75) is 32.1 Å². The Labute approximate surface area is 138 Å². The van der Waals surface area contributed by atoms with Crippen LogP contribution < -0.4 is 5.32 Å². The van der Waals surface area contributed by atoms with Crippen LogP contribution in [0.2, 0.25) is 0 Å². The van der Waals surface area contributed by atoms with E-state index in [4.69, 9.17) is 0 Å². The first-order valence-corrected chi connectivity index (χ1v) is 7.55. The molecular weight excluding hydrogens is 323 g/mol. The zero-order valence-corrected chi connectivity index (χ0v) is 13.7. The number of hydrogen-bond acceptors (Lipinski definition) is 3. The van der Waals surface area contributed by atoms with Crippen LogP contribution in [0.15, 0.2) is 24.3 Å². The molecule has 132 valence electrons. The van der Waals surface area contributed by atoms with Crippen molar-refractivity contribution in [1.82, 2.24) is 9.80 Å². The van der Waals surface area contributed by atoms with Crippen LogP contribution in [-0.4, -0.2) is 60.0 Å². The Hall–Kier alpha value is -2.09. The molecule has 1 N–H and O–H groups in total. The lowest BCUT2D eigenvalue weighted by atomic mass is 10.1. The van der Waals surface area contributed by atoms with E-state index in [1.54, 1.807) is 19.1 Å². The van der Waals surface area contributed by atoms with Gasteiger partial charge in [0.2, 0.25) is 5.91 Å². The number of likely N-dealkylation sites (N-methyl/N-ethyl adjacent to an activating group) is 1. The van der Waals surface area contributed by atoms with Crippen molar-refractivity contribution in [1.29, 1.82) is 0 Å². The van der Waals surface area contributed by atoms with Gasteiger partial charge < -0.3 is 10.2 Å². The minimum Gasteiger partial charge on any atom is -0.335 e. The van der Waals surface area contributed by atoms with Gasteiger partial charge in [0.05, 0.1) is 0 Å². The molecule has 1 aliphatic heterocycles. The number of halogens is 3. The van der Waals surface area contributed by atoms with Crippen molar-refractivity contribution in [3.05, 3.63) is 29.8 Å². The largest absolute Gasteiger partial charge is 0.405 e. The lowest BCUT2D eigenvalue weighted by Gasteiger charge is -2.44. The molecule has 1 aromatic carbocycles. The van der Waals surface area contributed by atoms with E-state index in [-0.39, 0.29) is 18.0 Å². The van der Waals surface area contributed by atoms with Crippen LogP contribution in [0, 0.1) is 0 Å². The van der Waals surface area contributed by atoms with Gasteiger partial charge in [-0.05, 0) is 32.2 Å². The maximum atomic E-state index is 13.2. The van der Waals surface area contributed by atoms with Gasteiger partial charge in [-0.2, -0.15) is 13.2 Å². The number of carbonyl (C=O) groups excluding carboxylic acids is 2. The molecule has 1 aromatic rings. The lowest BCUT2D eigenvalue weighted by Crippen LogP contribution is -2.62. The Kier molecular flexibility index (Phi) is 5.17. The van der Waals surface area contributed by atoms with E-state index in [2.05, 4.69) is 5.32 Å². The zero-order valence-electron chi connectivity index (χ0n) is 13.7. The van der Waals surface area contributed by atoms with Crippen LogP contribution in [-0.2, 0) is 4.79 Å². The predicted molar refractivity (Wildman–Crippen MR) is 83.7 cm³/mol. The molecule has 0 bridgehead atoms. The van der Waals surface area contributed by atoms with E-state index in [1.165, 1.54) is 35.9 Å². The highest BCUT2D eigenvalue weighted by atomic mass is 19.4. The molecule has 0 aromatic heterocycles. The Balaban J connectivity index is 2.21. The molecule has 0 spiro atoms. The first-order chi connectivity index (χ1) is 11.1. The number of alkyl halides is 3. The van der Waals surface area contributed by atoms with Crippen molar-refractivity contribution in [2.75, 3.05) is 25.5 Å². The third-order valence-corrected chi connectivity index (χ3v) is 4.16. The highest BCUT2D eigenvalue weighted by molar-refractivity contribution is 5.96. The molecule has 0 aliphatic carbocycles. The monoisotopic (exact) mass is 343 g/mol. The molecule has 0 radical (unpaired) electrons. The second-order valence-corrected chi connectivity index (χ2v) is 6.04. The molecule has 1 fully saturated rings. The van der Waals surface area contributed by atoms with Crippen LogP contribution in [0.3, 0.4) is 0 Å². The van der Waals surface area contributed by atoms with Gasteiger partial charge in [-0.1, -0.05) is 6.07 Å². The number of benzene rings is 1. The number of carbonyl (C=O) groups is 2. The smallest absolute Gasteiger partial charge is 0.335 e. The van der Waals surface area contributed by atoms with Crippen molar-refractivity contribution < 1.29 is 22.8 Å². The van der Waals surface area contributed by atoms with Crippen LogP contribution in [0.1, 0.15) is 24.2 Å². The third kappa shape index (κ3) is 4.05. The zero-order chi connectivity index (χ0) is 18.1. The molecule has 1 heterocycles. The van der Waals surface area contributed by atoms with Gasteiger partial charge in [-0.3, -0.25) is 14.5 Å². The van der Waals surface area contributed by atoms with Crippen LogP contribution >= 0.6 is 0 Å². The second-order valence-electron chi connectivity index (χ2n) is 6.04. The summed E-state index contributed by atoms with van der Waals surface area (Å²) in [6, 6.07) is 4.09. The lowest BCUT2D eigenvalue weighted by molar-refractivity contribution is -0.197. The van der Waals surface area contributed by atoms with E-state index < -0.39 is 30.7 Å². The van der Waals surface area contributed by atoms with Crippen molar-refractivity contribution >= 4 is 17.5 Å². The number of amides is 2. The summed E-state index contributed by atoms with van der Waals surface area (Å²) in [7, 11) is 1.42. The Morgan fingerprint density at radius 1 is 1.25 bits per heavy atom.